The fraction of sp³-hybridized carbons (Fsp3) is 0.333. The van der Waals surface area contributed by atoms with Crippen molar-refractivity contribution >= 4 is 29.9 Å². The Labute approximate surface area is 176 Å². The Balaban J connectivity index is 0.00000261. The van der Waals surface area contributed by atoms with Gasteiger partial charge in [-0.1, -0.05) is 12.1 Å². The Kier molecular flexibility index (Phi) is 8.24. The summed E-state index contributed by atoms with van der Waals surface area (Å²) in [6, 6.07) is 10.3. The van der Waals surface area contributed by atoms with Crippen LogP contribution in [0.5, 0.6) is 0 Å². The van der Waals surface area contributed by atoms with Crippen LogP contribution in [0.25, 0.3) is 5.69 Å². The molecule has 2 N–H and O–H groups in total. The molecular formula is C18H25IN8. The third-order valence-corrected chi connectivity index (χ3v) is 3.94. The van der Waals surface area contributed by atoms with E-state index in [1.165, 1.54) is 5.56 Å². The van der Waals surface area contributed by atoms with E-state index in [9.17, 15) is 0 Å². The van der Waals surface area contributed by atoms with Crippen molar-refractivity contribution in [3.8, 4) is 5.69 Å². The molecule has 0 spiro atoms. The second-order valence-corrected chi connectivity index (χ2v) is 5.85. The first-order valence-corrected chi connectivity index (χ1v) is 8.70. The van der Waals surface area contributed by atoms with Gasteiger partial charge in [0.15, 0.2) is 11.8 Å². The highest BCUT2D eigenvalue weighted by molar-refractivity contribution is 14.0. The molecule has 0 saturated heterocycles. The van der Waals surface area contributed by atoms with Crippen LogP contribution in [-0.4, -0.2) is 43.6 Å². The highest BCUT2D eigenvalue weighted by Gasteiger charge is 2.02. The number of halogens is 1. The number of nitrogens with one attached hydrogen (secondary N) is 2. The summed E-state index contributed by atoms with van der Waals surface area (Å²) in [7, 11) is 1.91. The maximum absolute atomic E-state index is 4.56. The molecule has 0 atom stereocenters. The van der Waals surface area contributed by atoms with Crippen LogP contribution in [0.2, 0.25) is 0 Å². The molecule has 3 rings (SSSR count). The zero-order chi connectivity index (χ0) is 18.2. The van der Waals surface area contributed by atoms with Gasteiger partial charge in [-0.3, -0.25) is 0 Å². The Bertz CT molecular complexity index is 823. The Hall–Kier alpha value is -2.43. The number of aromatic nitrogens is 5. The van der Waals surface area contributed by atoms with Crippen molar-refractivity contribution < 1.29 is 0 Å². The van der Waals surface area contributed by atoms with Crippen LogP contribution >= 0.6 is 24.0 Å². The highest BCUT2D eigenvalue weighted by atomic mass is 127. The molecule has 0 amide bonds. The number of guanidine groups is 1. The van der Waals surface area contributed by atoms with Crippen molar-refractivity contribution in [1.29, 1.82) is 0 Å². The predicted molar refractivity (Wildman–Crippen MR) is 117 cm³/mol. The van der Waals surface area contributed by atoms with Crippen LogP contribution in [0.3, 0.4) is 0 Å². The first-order valence-electron chi connectivity index (χ1n) is 8.70. The Morgan fingerprint density at radius 2 is 2.00 bits per heavy atom. The van der Waals surface area contributed by atoms with Gasteiger partial charge < -0.3 is 15.2 Å². The van der Waals surface area contributed by atoms with Crippen molar-refractivity contribution in [3.63, 3.8) is 0 Å². The van der Waals surface area contributed by atoms with E-state index in [1.54, 1.807) is 12.5 Å². The largest absolute Gasteiger partial charge is 0.357 e. The zero-order valence-electron chi connectivity index (χ0n) is 15.5. The van der Waals surface area contributed by atoms with Crippen LogP contribution in [0.4, 0.5) is 0 Å². The summed E-state index contributed by atoms with van der Waals surface area (Å²) in [5.74, 6) is 1.61. The summed E-state index contributed by atoms with van der Waals surface area (Å²) < 4.78 is 3.72. The van der Waals surface area contributed by atoms with Gasteiger partial charge in [-0.25, -0.2) is 9.67 Å². The van der Waals surface area contributed by atoms with Gasteiger partial charge in [0.05, 0.1) is 5.69 Å². The summed E-state index contributed by atoms with van der Waals surface area (Å²) >= 11 is 0. The molecule has 2 aromatic heterocycles. The van der Waals surface area contributed by atoms with Gasteiger partial charge in [-0.2, -0.15) is 5.10 Å². The van der Waals surface area contributed by atoms with Crippen molar-refractivity contribution in [2.45, 2.75) is 19.9 Å². The molecular weight excluding hydrogens is 455 g/mol. The van der Waals surface area contributed by atoms with E-state index in [4.69, 9.17) is 0 Å². The van der Waals surface area contributed by atoms with Gasteiger partial charge in [0, 0.05) is 32.5 Å². The smallest absolute Gasteiger partial charge is 0.191 e. The van der Waals surface area contributed by atoms with E-state index in [1.807, 2.05) is 35.5 Å². The maximum atomic E-state index is 4.56. The first kappa shape index (κ1) is 20.9. The molecule has 0 fully saturated rings. The zero-order valence-corrected chi connectivity index (χ0v) is 17.9. The van der Waals surface area contributed by atoms with Crippen LogP contribution < -0.4 is 10.6 Å². The number of benzene rings is 1. The average Bonchev–Trinajstić information content (AvgIpc) is 3.32. The lowest BCUT2D eigenvalue weighted by Gasteiger charge is -2.11. The Morgan fingerprint density at radius 1 is 1.19 bits per heavy atom. The molecule has 0 aliphatic carbocycles. The van der Waals surface area contributed by atoms with Crippen molar-refractivity contribution in [3.05, 3.63) is 60.4 Å². The molecule has 0 saturated carbocycles. The van der Waals surface area contributed by atoms with Crippen LogP contribution in [0.1, 0.15) is 18.3 Å². The minimum absolute atomic E-state index is 0. The maximum Gasteiger partial charge on any atom is 0.191 e. The molecule has 8 nitrogen and oxygen atoms in total. The molecule has 1 aromatic carbocycles. The standard InChI is InChI=1S/C18H24N8.HI/c1-3-19-18(21-13-17-24-22-14-25(17)2)20-11-9-15-5-7-16(8-6-15)26-12-4-10-23-26;/h4-8,10,12,14H,3,9,11,13H2,1-2H3,(H2,19,20,21);1H. The average molecular weight is 480 g/mol. The molecule has 9 heteroatoms. The lowest BCUT2D eigenvalue weighted by molar-refractivity contribution is 0.763. The molecule has 2 heterocycles. The number of hydrogen-bond acceptors (Lipinski definition) is 4. The summed E-state index contributed by atoms with van der Waals surface area (Å²) in [6.07, 6.45) is 6.30. The van der Waals surface area contributed by atoms with E-state index in [2.05, 4.69) is 55.2 Å². The molecule has 3 aromatic rings. The third kappa shape index (κ3) is 6.05. The van der Waals surface area contributed by atoms with Gasteiger partial charge >= 0.3 is 0 Å². The van der Waals surface area contributed by atoms with E-state index >= 15 is 0 Å². The first-order chi connectivity index (χ1) is 12.8. The SMILES string of the molecule is CCNC(=NCc1nncn1C)NCCc1ccc(-n2cccn2)cc1.I. The van der Waals surface area contributed by atoms with Crippen LogP contribution in [-0.2, 0) is 20.0 Å². The highest BCUT2D eigenvalue weighted by Crippen LogP contribution is 2.08. The molecule has 0 unspecified atom stereocenters. The topological polar surface area (TPSA) is 85.0 Å². The lowest BCUT2D eigenvalue weighted by Crippen LogP contribution is -2.38. The number of hydrogen-bond donors (Lipinski definition) is 2. The lowest BCUT2D eigenvalue weighted by atomic mass is 10.1. The van der Waals surface area contributed by atoms with Gasteiger partial charge in [0.25, 0.3) is 0 Å². The van der Waals surface area contributed by atoms with E-state index in [-0.39, 0.29) is 24.0 Å². The van der Waals surface area contributed by atoms with Crippen molar-refractivity contribution in [2.24, 2.45) is 12.0 Å². The monoisotopic (exact) mass is 480 g/mol. The van der Waals surface area contributed by atoms with Crippen molar-refractivity contribution in [2.75, 3.05) is 13.1 Å². The van der Waals surface area contributed by atoms with E-state index in [0.717, 1.165) is 37.0 Å². The number of aryl methyl sites for hydroxylation is 1. The minimum atomic E-state index is 0. The molecule has 0 bridgehead atoms. The van der Waals surface area contributed by atoms with Gasteiger partial charge in [-0.15, -0.1) is 34.2 Å². The van der Waals surface area contributed by atoms with Gasteiger partial charge in [0.1, 0.15) is 12.9 Å². The molecule has 27 heavy (non-hydrogen) atoms. The van der Waals surface area contributed by atoms with E-state index in [0.29, 0.717) is 6.54 Å². The molecule has 0 aliphatic rings. The number of nitrogens with zero attached hydrogens (tertiary/aromatic N) is 6. The molecule has 0 aliphatic heterocycles. The second kappa shape index (κ2) is 10.7. The number of rotatable bonds is 7. The molecule has 0 radical (unpaired) electrons. The molecule has 144 valence electrons. The normalized spacial score (nSPS) is 11.1. The quantitative estimate of drug-likeness (QED) is 0.307. The van der Waals surface area contributed by atoms with Crippen molar-refractivity contribution in [1.82, 2.24) is 35.2 Å². The fourth-order valence-electron chi connectivity index (χ4n) is 2.50. The third-order valence-electron chi connectivity index (χ3n) is 3.94. The van der Waals surface area contributed by atoms with Crippen LogP contribution in [0.15, 0.2) is 54.0 Å². The van der Waals surface area contributed by atoms with Crippen LogP contribution in [0, 0.1) is 0 Å². The second-order valence-electron chi connectivity index (χ2n) is 5.85. The summed E-state index contributed by atoms with van der Waals surface area (Å²) in [4.78, 5) is 4.56. The fourth-order valence-corrected chi connectivity index (χ4v) is 2.50. The Morgan fingerprint density at radius 3 is 2.63 bits per heavy atom. The number of aliphatic imine (C=N–C) groups is 1. The summed E-state index contributed by atoms with van der Waals surface area (Å²) in [5, 5.41) is 18.8. The van der Waals surface area contributed by atoms with E-state index < -0.39 is 0 Å². The van der Waals surface area contributed by atoms with Gasteiger partial charge in [0.2, 0.25) is 0 Å². The summed E-state index contributed by atoms with van der Waals surface area (Å²) in [5.41, 5.74) is 2.32. The minimum Gasteiger partial charge on any atom is -0.357 e. The van der Waals surface area contributed by atoms with Gasteiger partial charge in [-0.05, 0) is 37.1 Å². The predicted octanol–water partition coefficient (Wildman–Crippen LogP) is 1.92. The summed E-state index contributed by atoms with van der Waals surface area (Å²) in [6.45, 7) is 4.15.